The van der Waals surface area contributed by atoms with Crippen LogP contribution >= 0.6 is 0 Å². The summed E-state index contributed by atoms with van der Waals surface area (Å²) in [6.07, 6.45) is 0.703. The SMILES string of the molecule is Cc1nc(-c2ccccc2)cc2nnc(CCN)n12. The van der Waals surface area contributed by atoms with Gasteiger partial charge in [0.05, 0.1) is 5.69 Å². The highest BCUT2D eigenvalue weighted by Crippen LogP contribution is 2.19. The van der Waals surface area contributed by atoms with E-state index >= 15 is 0 Å². The summed E-state index contributed by atoms with van der Waals surface area (Å²) in [7, 11) is 0. The van der Waals surface area contributed by atoms with Crippen molar-refractivity contribution in [3.63, 3.8) is 0 Å². The van der Waals surface area contributed by atoms with Crippen molar-refractivity contribution in [1.82, 2.24) is 19.6 Å². The van der Waals surface area contributed by atoms with E-state index in [4.69, 9.17) is 5.73 Å². The van der Waals surface area contributed by atoms with Gasteiger partial charge in [-0.2, -0.15) is 0 Å². The van der Waals surface area contributed by atoms with Gasteiger partial charge in [0, 0.05) is 18.1 Å². The Hall–Kier alpha value is -2.27. The predicted octanol–water partition coefficient (Wildman–Crippen LogP) is 1.60. The molecule has 2 N–H and O–H groups in total. The van der Waals surface area contributed by atoms with Gasteiger partial charge < -0.3 is 5.73 Å². The summed E-state index contributed by atoms with van der Waals surface area (Å²) in [5.41, 5.74) is 8.39. The van der Waals surface area contributed by atoms with Gasteiger partial charge >= 0.3 is 0 Å². The lowest BCUT2D eigenvalue weighted by Gasteiger charge is -2.06. The summed E-state index contributed by atoms with van der Waals surface area (Å²) in [5, 5.41) is 8.38. The largest absolute Gasteiger partial charge is 0.330 e. The zero-order chi connectivity index (χ0) is 13.2. The van der Waals surface area contributed by atoms with Gasteiger partial charge in [0.1, 0.15) is 11.6 Å². The molecule has 96 valence electrons. The van der Waals surface area contributed by atoms with Crippen molar-refractivity contribution in [1.29, 1.82) is 0 Å². The highest BCUT2D eigenvalue weighted by molar-refractivity contribution is 5.63. The Kier molecular flexibility index (Phi) is 2.97. The second-order valence-corrected chi connectivity index (χ2v) is 4.40. The number of aromatic nitrogens is 4. The Morgan fingerprint density at radius 1 is 1.16 bits per heavy atom. The molecule has 0 saturated heterocycles. The molecule has 1 aromatic carbocycles. The molecule has 0 aliphatic rings. The monoisotopic (exact) mass is 253 g/mol. The Morgan fingerprint density at radius 3 is 2.68 bits per heavy atom. The van der Waals surface area contributed by atoms with Crippen molar-refractivity contribution >= 4 is 5.65 Å². The zero-order valence-electron chi connectivity index (χ0n) is 10.7. The highest BCUT2D eigenvalue weighted by Gasteiger charge is 2.10. The minimum absolute atomic E-state index is 0.556. The lowest BCUT2D eigenvalue weighted by atomic mass is 10.1. The zero-order valence-corrected chi connectivity index (χ0v) is 10.7. The van der Waals surface area contributed by atoms with E-state index in [1.54, 1.807) is 0 Å². The van der Waals surface area contributed by atoms with E-state index in [0.29, 0.717) is 13.0 Å². The van der Waals surface area contributed by atoms with Gasteiger partial charge in [0.2, 0.25) is 0 Å². The number of benzene rings is 1. The molecule has 0 atom stereocenters. The van der Waals surface area contributed by atoms with Gasteiger partial charge in [0.15, 0.2) is 5.65 Å². The van der Waals surface area contributed by atoms with Crippen molar-refractivity contribution in [3.05, 3.63) is 48.0 Å². The predicted molar refractivity (Wildman–Crippen MR) is 73.7 cm³/mol. The minimum atomic E-state index is 0.556. The molecule has 2 heterocycles. The minimum Gasteiger partial charge on any atom is -0.330 e. The van der Waals surface area contributed by atoms with Crippen LogP contribution in [0.25, 0.3) is 16.9 Å². The van der Waals surface area contributed by atoms with Crippen LogP contribution in [-0.4, -0.2) is 26.1 Å². The summed E-state index contributed by atoms with van der Waals surface area (Å²) < 4.78 is 1.96. The number of hydrogen-bond donors (Lipinski definition) is 1. The summed E-state index contributed by atoms with van der Waals surface area (Å²) in [6, 6.07) is 12.0. The van der Waals surface area contributed by atoms with Gasteiger partial charge in [-0.25, -0.2) is 4.98 Å². The smallest absolute Gasteiger partial charge is 0.164 e. The van der Waals surface area contributed by atoms with E-state index in [2.05, 4.69) is 15.2 Å². The van der Waals surface area contributed by atoms with E-state index in [1.165, 1.54) is 0 Å². The first kappa shape index (κ1) is 11.8. The molecule has 0 radical (unpaired) electrons. The second-order valence-electron chi connectivity index (χ2n) is 4.40. The average molecular weight is 253 g/mol. The summed E-state index contributed by atoms with van der Waals surface area (Å²) in [6.45, 7) is 2.52. The third-order valence-electron chi connectivity index (χ3n) is 3.06. The number of nitrogens with two attached hydrogens (primary N) is 1. The topological polar surface area (TPSA) is 69.1 Å². The molecule has 0 amide bonds. The third kappa shape index (κ3) is 2.08. The van der Waals surface area contributed by atoms with Crippen LogP contribution in [0.3, 0.4) is 0 Å². The van der Waals surface area contributed by atoms with Gasteiger partial charge in [-0.1, -0.05) is 30.3 Å². The summed E-state index contributed by atoms with van der Waals surface area (Å²) in [5.74, 6) is 1.74. The van der Waals surface area contributed by atoms with E-state index in [1.807, 2.05) is 47.7 Å². The molecule has 0 unspecified atom stereocenters. The maximum absolute atomic E-state index is 5.58. The van der Waals surface area contributed by atoms with Crippen LogP contribution in [0.1, 0.15) is 11.6 Å². The highest BCUT2D eigenvalue weighted by atomic mass is 15.3. The fraction of sp³-hybridized carbons (Fsp3) is 0.214. The second kappa shape index (κ2) is 4.78. The number of nitrogens with zero attached hydrogens (tertiary/aromatic N) is 4. The summed E-state index contributed by atoms with van der Waals surface area (Å²) in [4.78, 5) is 4.63. The first-order chi connectivity index (χ1) is 9.29. The third-order valence-corrected chi connectivity index (χ3v) is 3.06. The van der Waals surface area contributed by atoms with Crippen LogP contribution in [-0.2, 0) is 6.42 Å². The fourth-order valence-electron chi connectivity index (χ4n) is 2.20. The van der Waals surface area contributed by atoms with Crippen LogP contribution in [0, 0.1) is 6.92 Å². The number of aryl methyl sites for hydroxylation is 1. The molecule has 3 rings (SSSR count). The molecule has 0 fully saturated rings. The molecule has 0 saturated carbocycles. The Morgan fingerprint density at radius 2 is 1.95 bits per heavy atom. The van der Waals surface area contributed by atoms with Crippen LogP contribution in [0.4, 0.5) is 0 Å². The Balaban J connectivity index is 2.16. The quantitative estimate of drug-likeness (QED) is 0.769. The molecule has 0 spiro atoms. The number of rotatable bonds is 3. The van der Waals surface area contributed by atoms with Crippen LogP contribution < -0.4 is 5.73 Å². The van der Waals surface area contributed by atoms with Crippen LogP contribution in [0.2, 0.25) is 0 Å². The normalized spacial score (nSPS) is 11.1. The first-order valence-corrected chi connectivity index (χ1v) is 6.27. The molecule has 2 aromatic heterocycles. The van der Waals surface area contributed by atoms with Gasteiger partial charge in [0.25, 0.3) is 0 Å². The van der Waals surface area contributed by atoms with Gasteiger partial charge in [-0.3, -0.25) is 4.40 Å². The maximum atomic E-state index is 5.58. The van der Waals surface area contributed by atoms with Gasteiger partial charge in [-0.05, 0) is 13.5 Å². The van der Waals surface area contributed by atoms with E-state index in [9.17, 15) is 0 Å². The Labute approximate surface area is 111 Å². The lowest BCUT2D eigenvalue weighted by molar-refractivity contribution is 0.824. The average Bonchev–Trinajstić information content (AvgIpc) is 2.84. The molecule has 0 aliphatic carbocycles. The molecule has 5 heteroatoms. The van der Waals surface area contributed by atoms with Crippen molar-refractivity contribution in [2.75, 3.05) is 6.54 Å². The maximum Gasteiger partial charge on any atom is 0.164 e. The van der Waals surface area contributed by atoms with Crippen molar-refractivity contribution < 1.29 is 0 Å². The number of fused-ring (bicyclic) bond motifs is 1. The lowest BCUT2D eigenvalue weighted by Crippen LogP contribution is -2.08. The molecular formula is C14H15N5. The number of hydrogen-bond acceptors (Lipinski definition) is 4. The first-order valence-electron chi connectivity index (χ1n) is 6.27. The van der Waals surface area contributed by atoms with Crippen molar-refractivity contribution in [3.8, 4) is 11.3 Å². The van der Waals surface area contributed by atoms with E-state index < -0.39 is 0 Å². The molecule has 0 aliphatic heterocycles. The molecule has 0 bridgehead atoms. The molecular weight excluding hydrogens is 238 g/mol. The molecule has 3 aromatic rings. The fourth-order valence-corrected chi connectivity index (χ4v) is 2.20. The van der Waals surface area contributed by atoms with Crippen molar-refractivity contribution in [2.24, 2.45) is 5.73 Å². The van der Waals surface area contributed by atoms with E-state index in [0.717, 1.165) is 28.6 Å². The molecule has 19 heavy (non-hydrogen) atoms. The summed E-state index contributed by atoms with van der Waals surface area (Å²) >= 11 is 0. The Bertz CT molecular complexity index is 702. The standard InChI is InChI=1S/C14H15N5/c1-10-16-12(11-5-3-2-4-6-11)9-14-18-17-13(7-8-15)19(10)14/h2-6,9H,7-8,15H2,1H3. The van der Waals surface area contributed by atoms with Crippen LogP contribution in [0.15, 0.2) is 36.4 Å². The van der Waals surface area contributed by atoms with E-state index in [-0.39, 0.29) is 0 Å². The van der Waals surface area contributed by atoms with Crippen molar-refractivity contribution in [2.45, 2.75) is 13.3 Å². The van der Waals surface area contributed by atoms with Gasteiger partial charge in [-0.15, -0.1) is 10.2 Å². The van der Waals surface area contributed by atoms with Crippen LogP contribution in [0.5, 0.6) is 0 Å². The molecule has 5 nitrogen and oxygen atoms in total.